The molecule has 0 saturated heterocycles. The maximum absolute atomic E-state index is 9.83. The monoisotopic (exact) mass is 1010 g/mol. The standard InChI is InChI=1S/C76H46N4/c77-47-49-21-35-63-65-37-31-59(45-73(65)79(71(63)41-49)61-17-9-3-10-18-61)53-27-23-51(24-28-53)57-34-40-68-69(43-57)75(55-13-5-1-6-14-55)67-39-33-58(44-70(67)76(68)56-15-7-2-8-16-56)52-25-29-54(30-26-52)60-32-38-66-64-36-22-50(48-78)42-72(64)80(74(66)46-60)62-19-11-4-12-20-62/h1-46H. The molecule has 4 nitrogen and oxygen atoms in total. The van der Waals surface area contributed by atoms with Gasteiger partial charge in [0.2, 0.25) is 0 Å². The predicted molar refractivity (Wildman–Crippen MR) is 332 cm³/mol. The first-order valence-corrected chi connectivity index (χ1v) is 27.0. The molecule has 0 radical (unpaired) electrons. The molecule has 0 aliphatic rings. The first kappa shape index (κ1) is 46.3. The molecule has 0 spiro atoms. The number of aromatic nitrogens is 2. The minimum atomic E-state index is 0.643. The lowest BCUT2D eigenvalue weighted by Gasteiger charge is -2.20. The number of nitrogens with zero attached hydrogens (tertiary/aromatic N) is 4. The Hall–Kier alpha value is -11.0. The molecule has 0 fully saturated rings. The van der Waals surface area contributed by atoms with Gasteiger partial charge >= 0.3 is 0 Å². The summed E-state index contributed by atoms with van der Waals surface area (Å²) in [6.07, 6.45) is 0. The third kappa shape index (κ3) is 7.66. The molecule has 0 bridgehead atoms. The highest BCUT2D eigenvalue weighted by Crippen LogP contribution is 2.47. The molecule has 0 N–H and O–H groups in total. The van der Waals surface area contributed by atoms with Crippen molar-refractivity contribution in [3.63, 3.8) is 0 Å². The van der Waals surface area contributed by atoms with Crippen molar-refractivity contribution in [1.29, 1.82) is 10.5 Å². The van der Waals surface area contributed by atoms with Crippen LogP contribution in [0.5, 0.6) is 0 Å². The fourth-order valence-corrected chi connectivity index (χ4v) is 12.4. The molecule has 2 heterocycles. The largest absolute Gasteiger partial charge is 0.309 e. The first-order chi connectivity index (χ1) is 39.6. The lowest BCUT2D eigenvalue weighted by Crippen LogP contribution is -1.94. The fraction of sp³-hybridized carbons (Fsp3) is 0. The van der Waals surface area contributed by atoms with E-state index in [9.17, 15) is 10.5 Å². The van der Waals surface area contributed by atoms with Crippen LogP contribution in [0.1, 0.15) is 11.1 Å². The Balaban J connectivity index is 0.827. The highest BCUT2D eigenvalue weighted by Gasteiger charge is 2.21. The van der Waals surface area contributed by atoms with Gasteiger partial charge in [0.25, 0.3) is 0 Å². The van der Waals surface area contributed by atoms with Crippen LogP contribution in [-0.4, -0.2) is 9.13 Å². The second-order valence-corrected chi connectivity index (χ2v) is 20.7. The number of para-hydroxylation sites is 2. The zero-order valence-corrected chi connectivity index (χ0v) is 43.3. The number of rotatable bonds is 8. The van der Waals surface area contributed by atoms with Crippen LogP contribution in [0.15, 0.2) is 279 Å². The lowest BCUT2D eigenvalue weighted by atomic mass is 9.84. The summed E-state index contributed by atoms with van der Waals surface area (Å²) in [7, 11) is 0. The van der Waals surface area contributed by atoms with E-state index in [1.165, 1.54) is 43.8 Å². The molecule has 0 unspecified atom stereocenters. The van der Waals surface area contributed by atoms with Crippen molar-refractivity contribution >= 4 is 65.2 Å². The maximum Gasteiger partial charge on any atom is 0.0992 e. The van der Waals surface area contributed by atoms with Gasteiger partial charge in [-0.15, -0.1) is 0 Å². The van der Waals surface area contributed by atoms with Crippen molar-refractivity contribution < 1.29 is 0 Å². The van der Waals surface area contributed by atoms with E-state index in [0.29, 0.717) is 11.1 Å². The normalized spacial score (nSPS) is 11.5. The van der Waals surface area contributed by atoms with Gasteiger partial charge < -0.3 is 9.13 Å². The first-order valence-electron chi connectivity index (χ1n) is 27.0. The zero-order chi connectivity index (χ0) is 53.3. The van der Waals surface area contributed by atoms with E-state index in [2.05, 4.69) is 264 Å². The lowest BCUT2D eigenvalue weighted by molar-refractivity contribution is 1.18. The smallest absolute Gasteiger partial charge is 0.0992 e. The summed E-state index contributed by atoms with van der Waals surface area (Å²) in [6.45, 7) is 0. The van der Waals surface area contributed by atoms with E-state index < -0.39 is 0 Å². The summed E-state index contributed by atoms with van der Waals surface area (Å²) in [5, 5.41) is 29.0. The Bertz CT molecular complexity index is 4700. The Labute approximate surface area is 462 Å². The second kappa shape index (κ2) is 18.9. The third-order valence-electron chi connectivity index (χ3n) is 16.2. The van der Waals surface area contributed by atoms with E-state index in [1.54, 1.807) is 0 Å². The molecule has 13 aromatic carbocycles. The van der Waals surface area contributed by atoms with Crippen LogP contribution in [0.2, 0.25) is 0 Å². The molecule has 15 aromatic rings. The second-order valence-electron chi connectivity index (χ2n) is 20.7. The average molecular weight is 1020 g/mol. The number of hydrogen-bond donors (Lipinski definition) is 0. The van der Waals surface area contributed by atoms with Crippen molar-refractivity contribution in [3.05, 3.63) is 290 Å². The molecule has 0 atom stereocenters. The third-order valence-corrected chi connectivity index (χ3v) is 16.2. The number of benzene rings is 13. The number of nitriles is 2. The van der Waals surface area contributed by atoms with Gasteiger partial charge in [-0.25, -0.2) is 0 Å². The summed E-state index contributed by atoms with van der Waals surface area (Å²) in [5.74, 6) is 0. The topological polar surface area (TPSA) is 57.4 Å². The number of hydrogen-bond acceptors (Lipinski definition) is 2. The molecule has 0 saturated carbocycles. The summed E-state index contributed by atoms with van der Waals surface area (Å²) in [6, 6.07) is 105. The van der Waals surface area contributed by atoms with Crippen molar-refractivity contribution in [2.45, 2.75) is 0 Å². The van der Waals surface area contributed by atoms with Gasteiger partial charge in [0.05, 0.1) is 45.3 Å². The van der Waals surface area contributed by atoms with Crippen molar-refractivity contribution in [2.75, 3.05) is 0 Å². The van der Waals surface area contributed by atoms with Crippen LogP contribution >= 0.6 is 0 Å². The zero-order valence-electron chi connectivity index (χ0n) is 43.3. The molecule has 0 aliphatic heterocycles. The Morgan fingerprint density at radius 2 is 0.487 bits per heavy atom. The van der Waals surface area contributed by atoms with Crippen LogP contribution in [0, 0.1) is 22.7 Å². The molecule has 2 aromatic heterocycles. The summed E-state index contributed by atoms with van der Waals surface area (Å²) < 4.78 is 4.55. The van der Waals surface area contributed by atoms with Gasteiger partial charge in [-0.1, -0.05) is 206 Å². The van der Waals surface area contributed by atoms with Gasteiger partial charge in [0.1, 0.15) is 0 Å². The van der Waals surface area contributed by atoms with Crippen molar-refractivity contribution in [3.8, 4) is 90.3 Å². The van der Waals surface area contributed by atoms with Gasteiger partial charge in [-0.05, 0) is 161 Å². The van der Waals surface area contributed by atoms with E-state index in [4.69, 9.17) is 0 Å². The summed E-state index contributed by atoms with van der Waals surface area (Å²) in [5.41, 5.74) is 21.5. The minimum absolute atomic E-state index is 0.643. The highest BCUT2D eigenvalue weighted by molar-refractivity contribution is 6.22. The van der Waals surface area contributed by atoms with E-state index in [1.807, 2.05) is 36.4 Å². The minimum Gasteiger partial charge on any atom is -0.309 e. The Morgan fingerprint density at radius 3 is 0.825 bits per heavy atom. The summed E-state index contributed by atoms with van der Waals surface area (Å²) in [4.78, 5) is 0. The van der Waals surface area contributed by atoms with Crippen LogP contribution in [0.3, 0.4) is 0 Å². The maximum atomic E-state index is 9.83. The predicted octanol–water partition coefficient (Wildman–Crippen LogP) is 19.9. The number of fused-ring (bicyclic) bond motifs is 8. The Kier molecular flexibility index (Phi) is 10.9. The van der Waals surface area contributed by atoms with Gasteiger partial charge in [-0.2, -0.15) is 10.5 Å². The SMILES string of the molecule is N#Cc1ccc2c3ccc(-c4ccc(-c5ccc6c(-c7ccccc7)c7cc(-c8ccc(-c9ccc%10c%11ccc(C#N)cc%11n(-c%11ccccc%11)c%10c9)cc8)ccc7c(-c7ccccc7)c6c5)cc4)cc3n(-c3ccccc3)c2c1. The van der Waals surface area contributed by atoms with Gasteiger partial charge in [0.15, 0.2) is 0 Å². The van der Waals surface area contributed by atoms with Crippen LogP contribution < -0.4 is 0 Å². The quantitative estimate of drug-likeness (QED) is 0.142. The fourth-order valence-electron chi connectivity index (χ4n) is 12.4. The molecule has 0 aliphatic carbocycles. The van der Waals surface area contributed by atoms with Gasteiger partial charge in [0, 0.05) is 32.9 Å². The summed E-state index contributed by atoms with van der Waals surface area (Å²) >= 11 is 0. The van der Waals surface area contributed by atoms with Crippen LogP contribution in [0.25, 0.3) is 143 Å². The molecule has 370 valence electrons. The molecule has 80 heavy (non-hydrogen) atoms. The van der Waals surface area contributed by atoms with E-state index in [0.717, 1.165) is 99.5 Å². The molecule has 0 amide bonds. The van der Waals surface area contributed by atoms with Crippen molar-refractivity contribution in [1.82, 2.24) is 9.13 Å². The van der Waals surface area contributed by atoms with Crippen molar-refractivity contribution in [2.24, 2.45) is 0 Å². The van der Waals surface area contributed by atoms with Gasteiger partial charge in [-0.3, -0.25) is 0 Å². The van der Waals surface area contributed by atoms with Crippen LogP contribution in [0.4, 0.5) is 0 Å². The molecule has 4 heteroatoms. The Morgan fingerprint density at radius 1 is 0.212 bits per heavy atom. The highest BCUT2D eigenvalue weighted by atomic mass is 15.0. The average Bonchev–Trinajstić information content (AvgIpc) is 4.22. The molecular weight excluding hydrogens is 969 g/mol. The van der Waals surface area contributed by atoms with Crippen LogP contribution in [-0.2, 0) is 0 Å². The van der Waals surface area contributed by atoms with E-state index >= 15 is 0 Å². The molecular formula is C76H46N4. The van der Waals surface area contributed by atoms with E-state index in [-0.39, 0.29) is 0 Å². The molecule has 15 rings (SSSR count).